The summed E-state index contributed by atoms with van der Waals surface area (Å²) >= 11 is 0.921. The summed E-state index contributed by atoms with van der Waals surface area (Å²) in [5, 5.41) is 2.59. The van der Waals surface area contributed by atoms with E-state index in [1.54, 1.807) is 0 Å². The number of fused-ring (bicyclic) bond motifs is 2. The number of amides is 1. The molecule has 144 valence electrons. The van der Waals surface area contributed by atoms with Gasteiger partial charge < -0.3 is 9.88 Å². The van der Waals surface area contributed by atoms with Gasteiger partial charge in [-0.1, -0.05) is 11.3 Å². The van der Waals surface area contributed by atoms with Gasteiger partial charge in [-0.05, 0) is 6.07 Å². The van der Waals surface area contributed by atoms with E-state index in [-0.39, 0.29) is 33.1 Å². The lowest BCUT2D eigenvalue weighted by Crippen LogP contribution is -2.37. The number of hydrogen-bond acceptors (Lipinski definition) is 6. The van der Waals surface area contributed by atoms with Crippen LogP contribution in [0.1, 0.15) is 0 Å². The normalized spacial score (nSPS) is 11.4. The Morgan fingerprint density at radius 3 is 2.71 bits per heavy atom. The average molecular weight is 406 g/mol. The summed E-state index contributed by atoms with van der Waals surface area (Å²) < 4.78 is 30.7. The number of anilines is 1. The molecule has 9 nitrogen and oxygen atoms in total. The molecule has 3 aromatic heterocycles. The van der Waals surface area contributed by atoms with E-state index in [0.29, 0.717) is 6.07 Å². The molecule has 0 bridgehead atoms. The van der Waals surface area contributed by atoms with Gasteiger partial charge in [0.05, 0.1) is 11.0 Å². The van der Waals surface area contributed by atoms with Crippen LogP contribution in [0.3, 0.4) is 0 Å². The molecule has 12 heteroatoms. The Morgan fingerprint density at radius 2 is 1.96 bits per heavy atom. The summed E-state index contributed by atoms with van der Waals surface area (Å²) in [7, 11) is 2.80. The molecule has 0 unspecified atom stereocenters. The van der Waals surface area contributed by atoms with Crippen LogP contribution in [0.5, 0.6) is 0 Å². The second kappa shape index (κ2) is 6.34. The van der Waals surface area contributed by atoms with Crippen molar-refractivity contribution in [3.63, 3.8) is 0 Å². The molecule has 0 saturated carbocycles. The van der Waals surface area contributed by atoms with Gasteiger partial charge in [0.25, 0.3) is 5.56 Å². The SMILES string of the molecule is Cn1c(=O)c2c(ncn2CC(=O)Nc2nc3c(F)cc(F)cc3s2)n(C)c1=O. The molecule has 0 radical (unpaired) electrons. The maximum atomic E-state index is 13.7. The van der Waals surface area contributed by atoms with Crippen molar-refractivity contribution in [1.82, 2.24) is 23.7 Å². The van der Waals surface area contributed by atoms with Crippen LogP contribution in [0.2, 0.25) is 0 Å². The average Bonchev–Trinajstić information content (AvgIpc) is 3.22. The van der Waals surface area contributed by atoms with Crippen molar-refractivity contribution in [2.75, 3.05) is 5.32 Å². The topological polar surface area (TPSA) is 104 Å². The van der Waals surface area contributed by atoms with Crippen LogP contribution < -0.4 is 16.6 Å². The molecular formula is C16H12F2N6O3S. The molecule has 0 fully saturated rings. The predicted molar refractivity (Wildman–Crippen MR) is 98.4 cm³/mol. The number of halogens is 2. The second-order valence-electron chi connectivity index (χ2n) is 6.05. The number of thiazole rings is 1. The van der Waals surface area contributed by atoms with Gasteiger partial charge in [0.1, 0.15) is 17.9 Å². The van der Waals surface area contributed by atoms with Gasteiger partial charge in [0, 0.05) is 20.2 Å². The first-order valence-corrected chi connectivity index (χ1v) is 8.74. The van der Waals surface area contributed by atoms with Crippen molar-refractivity contribution in [3.05, 3.63) is 50.9 Å². The second-order valence-corrected chi connectivity index (χ2v) is 7.08. The fraction of sp³-hybridized carbons (Fsp3) is 0.188. The highest BCUT2D eigenvalue weighted by Crippen LogP contribution is 2.28. The lowest BCUT2D eigenvalue weighted by Gasteiger charge is -2.06. The Kier molecular flexibility index (Phi) is 4.07. The van der Waals surface area contributed by atoms with Crippen molar-refractivity contribution in [2.24, 2.45) is 14.1 Å². The van der Waals surface area contributed by atoms with E-state index in [9.17, 15) is 23.2 Å². The maximum absolute atomic E-state index is 13.7. The molecule has 1 N–H and O–H groups in total. The molecule has 1 amide bonds. The van der Waals surface area contributed by atoms with Gasteiger partial charge in [-0.25, -0.2) is 23.5 Å². The van der Waals surface area contributed by atoms with Crippen molar-refractivity contribution < 1.29 is 13.6 Å². The van der Waals surface area contributed by atoms with E-state index in [4.69, 9.17) is 0 Å². The van der Waals surface area contributed by atoms with Gasteiger partial charge in [-0.15, -0.1) is 0 Å². The lowest BCUT2D eigenvalue weighted by atomic mass is 10.3. The third-order valence-electron chi connectivity index (χ3n) is 4.19. The quantitative estimate of drug-likeness (QED) is 0.546. The van der Waals surface area contributed by atoms with E-state index in [2.05, 4.69) is 15.3 Å². The van der Waals surface area contributed by atoms with Crippen LogP contribution in [0.15, 0.2) is 28.0 Å². The minimum Gasteiger partial charge on any atom is -0.315 e. The molecular weight excluding hydrogens is 394 g/mol. The van der Waals surface area contributed by atoms with Crippen LogP contribution in [-0.2, 0) is 25.4 Å². The number of imidazole rings is 1. The molecule has 1 aromatic carbocycles. The lowest BCUT2D eigenvalue weighted by molar-refractivity contribution is -0.116. The Bertz CT molecular complexity index is 1380. The van der Waals surface area contributed by atoms with Crippen molar-refractivity contribution in [3.8, 4) is 0 Å². The number of nitrogens with one attached hydrogen (secondary N) is 1. The summed E-state index contributed by atoms with van der Waals surface area (Å²) in [5.41, 5.74) is -0.911. The molecule has 0 atom stereocenters. The van der Waals surface area contributed by atoms with Gasteiger partial charge in [-0.2, -0.15) is 0 Å². The Labute approximate surface area is 158 Å². The Hall–Kier alpha value is -3.41. The highest BCUT2D eigenvalue weighted by atomic mass is 32.1. The Morgan fingerprint density at radius 1 is 1.21 bits per heavy atom. The van der Waals surface area contributed by atoms with Crippen LogP contribution in [0.25, 0.3) is 21.4 Å². The van der Waals surface area contributed by atoms with E-state index >= 15 is 0 Å². The van der Waals surface area contributed by atoms with Crippen LogP contribution >= 0.6 is 11.3 Å². The van der Waals surface area contributed by atoms with E-state index < -0.39 is 28.8 Å². The number of nitrogens with zero attached hydrogens (tertiary/aromatic N) is 5. The zero-order valence-corrected chi connectivity index (χ0v) is 15.4. The van der Waals surface area contributed by atoms with Gasteiger partial charge in [0.2, 0.25) is 5.91 Å². The first kappa shape index (κ1) is 18.0. The van der Waals surface area contributed by atoms with Crippen LogP contribution in [0, 0.1) is 11.6 Å². The van der Waals surface area contributed by atoms with E-state index in [1.807, 2.05) is 0 Å². The van der Waals surface area contributed by atoms with Crippen LogP contribution in [-0.4, -0.2) is 29.6 Å². The number of carbonyl (C=O) groups excluding carboxylic acids is 1. The molecule has 4 rings (SSSR count). The summed E-state index contributed by atoms with van der Waals surface area (Å²) in [6, 6.07) is 1.84. The molecule has 3 heterocycles. The zero-order chi connectivity index (χ0) is 20.2. The monoisotopic (exact) mass is 406 g/mol. The first-order valence-electron chi connectivity index (χ1n) is 7.92. The van der Waals surface area contributed by atoms with Crippen molar-refractivity contribution >= 4 is 43.8 Å². The fourth-order valence-electron chi connectivity index (χ4n) is 2.84. The number of hydrogen-bond donors (Lipinski definition) is 1. The standard InChI is InChI=1S/C16H12F2N6O3S/c1-22-13-12(14(26)23(2)16(22)27)24(6-19-13)5-10(25)20-15-21-11-8(18)3-7(17)4-9(11)28-15/h3-4,6H,5H2,1-2H3,(H,20,21,25). The fourth-order valence-corrected chi connectivity index (χ4v) is 3.76. The molecule has 0 saturated heterocycles. The molecule has 0 spiro atoms. The molecule has 0 aliphatic carbocycles. The highest BCUT2D eigenvalue weighted by molar-refractivity contribution is 7.22. The molecule has 28 heavy (non-hydrogen) atoms. The van der Waals surface area contributed by atoms with Gasteiger partial charge >= 0.3 is 5.69 Å². The first-order chi connectivity index (χ1) is 13.3. The third kappa shape index (κ3) is 2.78. The highest BCUT2D eigenvalue weighted by Gasteiger charge is 2.17. The van der Waals surface area contributed by atoms with E-state index in [0.717, 1.165) is 22.0 Å². The maximum Gasteiger partial charge on any atom is 0.332 e. The van der Waals surface area contributed by atoms with Crippen LogP contribution in [0.4, 0.5) is 13.9 Å². The van der Waals surface area contributed by atoms with E-state index in [1.165, 1.54) is 29.6 Å². The summed E-state index contributed by atoms with van der Waals surface area (Å²) in [6.45, 7) is -0.281. The van der Waals surface area contributed by atoms with Crippen molar-refractivity contribution in [2.45, 2.75) is 6.54 Å². The molecule has 0 aliphatic rings. The minimum atomic E-state index is -0.822. The number of rotatable bonds is 3. The number of carbonyl (C=O) groups is 1. The number of aryl methyl sites for hydroxylation is 1. The summed E-state index contributed by atoms with van der Waals surface area (Å²) in [6.07, 6.45) is 1.28. The zero-order valence-electron chi connectivity index (χ0n) is 14.6. The third-order valence-corrected chi connectivity index (χ3v) is 5.11. The molecule has 0 aliphatic heterocycles. The predicted octanol–water partition coefficient (Wildman–Crippen LogP) is 0.960. The largest absolute Gasteiger partial charge is 0.332 e. The molecule has 4 aromatic rings. The minimum absolute atomic E-state index is 0.0429. The number of benzene rings is 1. The number of aromatic nitrogens is 5. The summed E-state index contributed by atoms with van der Waals surface area (Å²) in [5.74, 6) is -2.11. The van der Waals surface area contributed by atoms with Crippen molar-refractivity contribution in [1.29, 1.82) is 0 Å². The summed E-state index contributed by atoms with van der Waals surface area (Å²) in [4.78, 5) is 44.7. The van der Waals surface area contributed by atoms with Gasteiger partial charge in [-0.3, -0.25) is 18.7 Å². The smallest absolute Gasteiger partial charge is 0.315 e. The Balaban J connectivity index is 1.65. The van der Waals surface area contributed by atoms with Gasteiger partial charge in [0.15, 0.2) is 22.1 Å².